The van der Waals surface area contributed by atoms with Gasteiger partial charge in [0.25, 0.3) is 0 Å². The van der Waals surface area contributed by atoms with E-state index in [1.165, 1.54) is 28.9 Å². The number of hydrogen-bond donors (Lipinski definition) is 1. The van der Waals surface area contributed by atoms with Gasteiger partial charge in [0.15, 0.2) is 0 Å². The van der Waals surface area contributed by atoms with Crippen LogP contribution in [0, 0.1) is 11.8 Å². The smallest absolute Gasteiger partial charge is 0.410 e. The maximum atomic E-state index is 15.1. The molecule has 286 valence electrons. The van der Waals surface area contributed by atoms with Crippen LogP contribution in [0.1, 0.15) is 75.5 Å². The monoisotopic (exact) mass is 727 g/mol. The second-order valence-electron chi connectivity index (χ2n) is 16.6. The summed E-state index contributed by atoms with van der Waals surface area (Å²) in [7, 11) is 7.54. The first-order valence-corrected chi connectivity index (χ1v) is 19.2. The maximum absolute atomic E-state index is 15.1. The van der Waals surface area contributed by atoms with Crippen molar-refractivity contribution in [3.8, 4) is 0 Å². The molecule has 0 spiro atoms. The highest BCUT2D eigenvalue weighted by molar-refractivity contribution is 5.96. The van der Waals surface area contributed by atoms with Crippen LogP contribution in [0.5, 0.6) is 0 Å². The Labute approximate surface area is 313 Å². The molecule has 1 aliphatic carbocycles. The highest BCUT2D eigenvalue weighted by Gasteiger charge is 2.50. The first-order valence-electron chi connectivity index (χ1n) is 19.2. The number of benzene rings is 2. The molecule has 12 nitrogen and oxygen atoms in total. The molecular weight excluding hydrogens is 670 g/mol. The number of nitrogens with zero attached hydrogens (tertiary/aromatic N) is 6. The molecule has 1 saturated carbocycles. The number of aromatic nitrogens is 2. The van der Waals surface area contributed by atoms with Gasteiger partial charge in [0.05, 0.1) is 17.6 Å². The fourth-order valence-corrected chi connectivity index (χ4v) is 7.87. The summed E-state index contributed by atoms with van der Waals surface area (Å²) in [4.78, 5) is 63.9. The van der Waals surface area contributed by atoms with E-state index < -0.39 is 29.7 Å². The van der Waals surface area contributed by atoms with Gasteiger partial charge >= 0.3 is 6.09 Å². The summed E-state index contributed by atoms with van der Waals surface area (Å²) in [5.74, 6) is -0.892. The number of ether oxygens (including phenoxy) is 1. The van der Waals surface area contributed by atoms with Crippen LogP contribution in [-0.2, 0) is 39.1 Å². The Morgan fingerprint density at radius 3 is 2.34 bits per heavy atom. The Balaban J connectivity index is 1.27. The van der Waals surface area contributed by atoms with Crippen LogP contribution in [0.15, 0.2) is 48.7 Å². The lowest BCUT2D eigenvalue weighted by Gasteiger charge is -2.43. The van der Waals surface area contributed by atoms with Gasteiger partial charge in [-0.1, -0.05) is 30.3 Å². The van der Waals surface area contributed by atoms with Gasteiger partial charge in [-0.2, -0.15) is 5.10 Å². The minimum Gasteiger partial charge on any atom is -0.444 e. The van der Waals surface area contributed by atoms with Crippen molar-refractivity contribution in [3.05, 3.63) is 65.4 Å². The topological polar surface area (TPSA) is 120 Å². The van der Waals surface area contributed by atoms with Crippen molar-refractivity contribution in [2.75, 3.05) is 47.3 Å². The van der Waals surface area contributed by atoms with E-state index in [2.05, 4.69) is 34.7 Å². The van der Waals surface area contributed by atoms with Gasteiger partial charge in [0.2, 0.25) is 17.7 Å². The standard InChI is InChI=1S/C41H57N7O5/c1-41(2,3)53-40(52)47-18-8-9-33(38(50)45(6)20-19-44(4)5)36(47)39(51)48-26-29(21-27-10-13-30(14-11-27)31-15-16-31)23-35(48)37(49)42-24-28-12-17-34-32(22-28)25-43-46(34)7/h10-14,17,22,25,29,31,33,35-36H,8-9,15-16,18-21,23-24,26H2,1-7H3,(H,42,49)/t29-,33+,35+,36-/m1/s1. The second kappa shape index (κ2) is 15.9. The van der Waals surface area contributed by atoms with E-state index in [-0.39, 0.29) is 30.2 Å². The quantitative estimate of drug-likeness (QED) is 0.308. The van der Waals surface area contributed by atoms with Crippen LogP contribution in [0.2, 0.25) is 0 Å². The lowest BCUT2D eigenvalue weighted by Crippen LogP contribution is -2.62. The zero-order valence-electron chi connectivity index (χ0n) is 32.5. The SMILES string of the molecule is CN(C)CCN(C)C(=O)[C@H]1CCCN(C(=O)OC(C)(C)C)[C@H]1C(=O)N1C[C@H](Cc2ccc(C3CC3)cc2)C[C@H]1C(=O)NCc1ccc2c(cnn2C)c1. The van der Waals surface area contributed by atoms with E-state index in [4.69, 9.17) is 4.74 Å². The van der Waals surface area contributed by atoms with Gasteiger partial charge < -0.3 is 24.8 Å². The number of rotatable bonds is 11. The molecule has 4 amide bonds. The van der Waals surface area contributed by atoms with Gasteiger partial charge in [-0.3, -0.25) is 24.0 Å². The average molecular weight is 728 g/mol. The van der Waals surface area contributed by atoms with Gasteiger partial charge in [-0.15, -0.1) is 0 Å². The van der Waals surface area contributed by atoms with Crippen LogP contribution in [0.4, 0.5) is 4.79 Å². The third kappa shape index (κ3) is 9.20. The fraction of sp³-hybridized carbons (Fsp3) is 0.585. The normalized spacial score (nSPS) is 22.0. The van der Waals surface area contributed by atoms with Gasteiger partial charge in [-0.05, 0) is 114 Å². The number of carbonyl (C=O) groups excluding carboxylic acids is 4. The molecule has 2 saturated heterocycles. The number of likely N-dealkylation sites (N-methyl/N-ethyl adjacent to an activating group) is 2. The molecule has 3 aromatic rings. The number of carbonyl (C=O) groups is 4. The number of amides is 4. The number of aryl methyl sites for hydroxylation is 1. The first-order chi connectivity index (χ1) is 25.2. The molecular formula is C41H57N7O5. The second-order valence-corrected chi connectivity index (χ2v) is 16.6. The van der Waals surface area contributed by atoms with Crippen LogP contribution in [0.3, 0.4) is 0 Å². The summed E-state index contributed by atoms with van der Waals surface area (Å²) in [6.45, 7) is 7.44. The van der Waals surface area contributed by atoms with Crippen molar-refractivity contribution in [2.24, 2.45) is 18.9 Å². The van der Waals surface area contributed by atoms with E-state index in [1.54, 1.807) is 43.8 Å². The lowest BCUT2D eigenvalue weighted by atomic mass is 9.86. The molecule has 2 aromatic carbocycles. The minimum absolute atomic E-state index is 0.0173. The summed E-state index contributed by atoms with van der Waals surface area (Å²) in [6, 6.07) is 12.9. The summed E-state index contributed by atoms with van der Waals surface area (Å²) in [6.07, 6.45) is 5.87. The molecule has 53 heavy (non-hydrogen) atoms. The molecule has 1 aromatic heterocycles. The summed E-state index contributed by atoms with van der Waals surface area (Å²) < 4.78 is 7.62. The molecule has 12 heteroatoms. The Kier molecular flexibility index (Phi) is 11.5. The van der Waals surface area contributed by atoms with Crippen LogP contribution < -0.4 is 5.32 Å². The van der Waals surface area contributed by atoms with Gasteiger partial charge in [0, 0.05) is 52.2 Å². The zero-order chi connectivity index (χ0) is 38.0. The van der Waals surface area contributed by atoms with Crippen LogP contribution >= 0.6 is 0 Å². The number of hydrogen-bond acceptors (Lipinski definition) is 7. The largest absolute Gasteiger partial charge is 0.444 e. The van der Waals surface area contributed by atoms with Crippen molar-refractivity contribution in [3.63, 3.8) is 0 Å². The van der Waals surface area contributed by atoms with E-state index in [9.17, 15) is 14.4 Å². The molecule has 2 aliphatic heterocycles. The van der Waals surface area contributed by atoms with Crippen molar-refractivity contribution < 1.29 is 23.9 Å². The van der Waals surface area contributed by atoms with Crippen LogP contribution in [0.25, 0.3) is 10.9 Å². The van der Waals surface area contributed by atoms with E-state index in [0.29, 0.717) is 57.8 Å². The maximum Gasteiger partial charge on any atom is 0.410 e. The molecule has 3 fully saturated rings. The number of nitrogens with one attached hydrogen (secondary N) is 1. The molecule has 0 radical (unpaired) electrons. The van der Waals surface area contributed by atoms with Gasteiger partial charge in [0.1, 0.15) is 17.7 Å². The molecule has 0 unspecified atom stereocenters. The Hall–Kier alpha value is -4.45. The molecule has 6 rings (SSSR count). The minimum atomic E-state index is -1.09. The van der Waals surface area contributed by atoms with Gasteiger partial charge in [-0.25, -0.2) is 4.79 Å². The predicted molar refractivity (Wildman–Crippen MR) is 204 cm³/mol. The third-order valence-electron chi connectivity index (χ3n) is 10.9. The van der Waals surface area contributed by atoms with E-state index in [1.807, 2.05) is 48.9 Å². The molecule has 3 heterocycles. The number of fused-ring (bicyclic) bond motifs is 1. The highest BCUT2D eigenvalue weighted by atomic mass is 16.6. The molecule has 1 N–H and O–H groups in total. The first kappa shape index (κ1) is 38.3. The predicted octanol–water partition coefficient (Wildman–Crippen LogP) is 4.56. The summed E-state index contributed by atoms with van der Waals surface area (Å²) >= 11 is 0. The van der Waals surface area contributed by atoms with Crippen molar-refractivity contribution in [1.29, 1.82) is 0 Å². The summed E-state index contributed by atoms with van der Waals surface area (Å²) in [5.41, 5.74) is 3.67. The van der Waals surface area contributed by atoms with E-state index >= 15 is 4.79 Å². The average Bonchev–Trinajstić information content (AvgIpc) is 3.79. The summed E-state index contributed by atoms with van der Waals surface area (Å²) in [5, 5.41) is 8.42. The highest BCUT2D eigenvalue weighted by Crippen LogP contribution is 2.40. The van der Waals surface area contributed by atoms with Crippen molar-refractivity contribution >= 4 is 34.7 Å². The Morgan fingerprint density at radius 1 is 0.943 bits per heavy atom. The third-order valence-corrected chi connectivity index (χ3v) is 10.9. The van der Waals surface area contributed by atoms with Crippen LogP contribution in [-0.4, -0.2) is 118 Å². The fourth-order valence-electron chi connectivity index (χ4n) is 7.87. The Morgan fingerprint density at radius 2 is 1.66 bits per heavy atom. The Bertz CT molecular complexity index is 1790. The molecule has 3 aliphatic rings. The zero-order valence-corrected chi connectivity index (χ0v) is 32.5. The van der Waals surface area contributed by atoms with Crippen molar-refractivity contribution in [1.82, 2.24) is 34.7 Å². The number of piperidine rings is 1. The molecule has 0 bridgehead atoms. The molecule has 4 atom stereocenters. The van der Waals surface area contributed by atoms with E-state index in [0.717, 1.165) is 16.5 Å². The van der Waals surface area contributed by atoms with Crippen molar-refractivity contribution in [2.45, 2.75) is 89.4 Å². The number of likely N-dealkylation sites (tertiary alicyclic amines) is 2. The lowest BCUT2D eigenvalue weighted by molar-refractivity contribution is -0.151.